The van der Waals surface area contributed by atoms with Gasteiger partial charge < -0.3 is 9.64 Å². The number of nitrogens with one attached hydrogen (secondary N) is 1. The first kappa shape index (κ1) is 8.29. The van der Waals surface area contributed by atoms with Crippen molar-refractivity contribution in [3.8, 4) is 0 Å². The van der Waals surface area contributed by atoms with E-state index in [0.29, 0.717) is 5.92 Å². The molecule has 1 rings (SSSR count). The Morgan fingerprint density at radius 3 is 2.91 bits per heavy atom. The zero-order valence-corrected chi connectivity index (χ0v) is 6.54. The lowest BCUT2D eigenvalue weighted by Gasteiger charge is -2.37. The van der Waals surface area contributed by atoms with E-state index in [0.717, 1.165) is 19.6 Å². The lowest BCUT2D eigenvalue weighted by molar-refractivity contribution is 0.0676. The Balaban J connectivity index is 2.13. The van der Waals surface area contributed by atoms with Gasteiger partial charge in [0.25, 0.3) is 0 Å². The topological polar surface area (TPSA) is 67.6 Å². The van der Waals surface area contributed by atoms with Gasteiger partial charge in [0.15, 0.2) is 0 Å². The summed E-state index contributed by atoms with van der Waals surface area (Å²) in [4.78, 5) is 12.4. The van der Waals surface area contributed by atoms with Gasteiger partial charge in [-0.25, -0.2) is 4.79 Å². The summed E-state index contributed by atoms with van der Waals surface area (Å²) in [5, 5.41) is 0. The number of hydrazine groups is 1. The molecule has 5 heteroatoms. The Hall–Kier alpha value is -0.810. The molecule has 0 aliphatic carbocycles. The highest BCUT2D eigenvalue weighted by atomic mass is 16.5. The number of rotatable bonds is 2. The van der Waals surface area contributed by atoms with Crippen LogP contribution in [0.2, 0.25) is 0 Å². The molecule has 0 atom stereocenters. The van der Waals surface area contributed by atoms with Crippen LogP contribution in [0, 0.1) is 5.92 Å². The van der Waals surface area contributed by atoms with E-state index in [9.17, 15) is 4.79 Å². The van der Waals surface area contributed by atoms with Crippen molar-refractivity contribution in [2.75, 3.05) is 26.7 Å². The fraction of sp³-hybridized carbons (Fsp3) is 0.833. The summed E-state index contributed by atoms with van der Waals surface area (Å²) < 4.78 is 4.52. The van der Waals surface area contributed by atoms with E-state index < -0.39 is 0 Å². The van der Waals surface area contributed by atoms with E-state index in [1.807, 2.05) is 0 Å². The summed E-state index contributed by atoms with van der Waals surface area (Å²) in [5.41, 5.74) is 2.57. The molecule has 1 aliphatic rings. The van der Waals surface area contributed by atoms with Crippen LogP contribution in [0.25, 0.3) is 0 Å². The molecule has 64 valence electrons. The smallest absolute Gasteiger partial charge is 0.409 e. The SMILES string of the molecule is COC(=O)N1CC(CNN)C1. The van der Waals surface area contributed by atoms with Gasteiger partial charge in [-0.1, -0.05) is 0 Å². The number of amides is 1. The van der Waals surface area contributed by atoms with Gasteiger partial charge in [-0.05, 0) is 0 Å². The minimum absolute atomic E-state index is 0.252. The van der Waals surface area contributed by atoms with Gasteiger partial charge in [-0.15, -0.1) is 0 Å². The van der Waals surface area contributed by atoms with Gasteiger partial charge in [0.2, 0.25) is 0 Å². The normalized spacial score (nSPS) is 17.8. The van der Waals surface area contributed by atoms with Crippen LogP contribution in [0.1, 0.15) is 0 Å². The fourth-order valence-corrected chi connectivity index (χ4v) is 1.14. The summed E-state index contributed by atoms with van der Waals surface area (Å²) in [5.74, 6) is 5.59. The molecule has 0 saturated carbocycles. The van der Waals surface area contributed by atoms with Crippen molar-refractivity contribution in [3.63, 3.8) is 0 Å². The van der Waals surface area contributed by atoms with Gasteiger partial charge in [0.1, 0.15) is 0 Å². The molecule has 1 amide bonds. The molecule has 11 heavy (non-hydrogen) atoms. The largest absolute Gasteiger partial charge is 0.453 e. The molecule has 0 aromatic rings. The molecule has 1 saturated heterocycles. The maximum Gasteiger partial charge on any atom is 0.409 e. The zero-order valence-electron chi connectivity index (χ0n) is 6.54. The first-order chi connectivity index (χ1) is 5.27. The van der Waals surface area contributed by atoms with E-state index in [-0.39, 0.29) is 6.09 Å². The standard InChI is InChI=1S/C6H13N3O2/c1-11-6(10)9-3-5(4-9)2-8-7/h5,8H,2-4,7H2,1H3. The van der Waals surface area contributed by atoms with Crippen molar-refractivity contribution in [1.82, 2.24) is 10.3 Å². The van der Waals surface area contributed by atoms with E-state index in [4.69, 9.17) is 5.84 Å². The summed E-state index contributed by atoms with van der Waals surface area (Å²) in [6.45, 7) is 2.25. The lowest BCUT2D eigenvalue weighted by atomic mass is 10.0. The first-order valence-corrected chi connectivity index (χ1v) is 3.54. The number of nitrogens with two attached hydrogens (primary N) is 1. The summed E-state index contributed by atoms with van der Waals surface area (Å²) in [7, 11) is 1.39. The lowest BCUT2D eigenvalue weighted by Crippen LogP contribution is -2.53. The molecule has 0 bridgehead atoms. The molecule has 0 spiro atoms. The number of methoxy groups -OCH3 is 1. The van der Waals surface area contributed by atoms with Gasteiger partial charge >= 0.3 is 6.09 Å². The predicted molar refractivity (Wildman–Crippen MR) is 39.7 cm³/mol. The van der Waals surface area contributed by atoms with Crippen molar-refractivity contribution in [3.05, 3.63) is 0 Å². The van der Waals surface area contributed by atoms with Crippen LogP contribution in [-0.2, 0) is 4.74 Å². The number of ether oxygens (including phenoxy) is 1. The number of hydrogen-bond acceptors (Lipinski definition) is 4. The monoisotopic (exact) mass is 159 g/mol. The molecule has 0 radical (unpaired) electrons. The van der Waals surface area contributed by atoms with Crippen molar-refractivity contribution >= 4 is 6.09 Å². The van der Waals surface area contributed by atoms with Crippen LogP contribution >= 0.6 is 0 Å². The number of hydrogen-bond donors (Lipinski definition) is 2. The zero-order chi connectivity index (χ0) is 8.27. The molecular weight excluding hydrogens is 146 g/mol. The summed E-state index contributed by atoms with van der Waals surface area (Å²) >= 11 is 0. The van der Waals surface area contributed by atoms with E-state index >= 15 is 0 Å². The summed E-state index contributed by atoms with van der Waals surface area (Å²) in [6, 6.07) is 0. The first-order valence-electron chi connectivity index (χ1n) is 3.54. The summed E-state index contributed by atoms with van der Waals surface area (Å²) in [6.07, 6.45) is -0.252. The van der Waals surface area contributed by atoms with Crippen LogP contribution in [0.15, 0.2) is 0 Å². The van der Waals surface area contributed by atoms with Gasteiger partial charge in [0.05, 0.1) is 7.11 Å². The molecule has 0 aromatic carbocycles. The Bertz CT molecular complexity index is 145. The maximum absolute atomic E-state index is 10.8. The second kappa shape index (κ2) is 3.54. The average Bonchev–Trinajstić information content (AvgIpc) is 1.94. The van der Waals surface area contributed by atoms with E-state index in [1.165, 1.54) is 7.11 Å². The van der Waals surface area contributed by atoms with E-state index in [1.54, 1.807) is 4.90 Å². The molecule has 1 heterocycles. The molecule has 0 aromatic heterocycles. The third-order valence-corrected chi connectivity index (χ3v) is 1.80. The predicted octanol–water partition coefficient (Wildman–Crippen LogP) is -0.852. The van der Waals surface area contributed by atoms with Crippen LogP contribution in [0.5, 0.6) is 0 Å². The third kappa shape index (κ3) is 1.81. The van der Waals surface area contributed by atoms with Gasteiger partial charge in [-0.3, -0.25) is 11.3 Å². The fourth-order valence-electron chi connectivity index (χ4n) is 1.14. The Morgan fingerprint density at radius 1 is 1.82 bits per heavy atom. The second-order valence-corrected chi connectivity index (χ2v) is 2.65. The number of nitrogens with zero attached hydrogens (tertiary/aromatic N) is 1. The van der Waals surface area contributed by atoms with Gasteiger partial charge in [-0.2, -0.15) is 0 Å². The van der Waals surface area contributed by atoms with Crippen molar-refractivity contribution in [1.29, 1.82) is 0 Å². The van der Waals surface area contributed by atoms with Crippen molar-refractivity contribution in [2.24, 2.45) is 11.8 Å². The van der Waals surface area contributed by atoms with Crippen molar-refractivity contribution in [2.45, 2.75) is 0 Å². The van der Waals surface area contributed by atoms with Crippen LogP contribution in [0.4, 0.5) is 4.79 Å². The molecular formula is C6H13N3O2. The number of likely N-dealkylation sites (tertiary alicyclic amines) is 1. The maximum atomic E-state index is 10.8. The molecule has 5 nitrogen and oxygen atoms in total. The minimum atomic E-state index is -0.252. The quantitative estimate of drug-likeness (QED) is 0.407. The minimum Gasteiger partial charge on any atom is -0.453 e. The van der Waals surface area contributed by atoms with Gasteiger partial charge in [0, 0.05) is 25.6 Å². The second-order valence-electron chi connectivity index (χ2n) is 2.65. The average molecular weight is 159 g/mol. The highest BCUT2D eigenvalue weighted by Gasteiger charge is 2.30. The Kier molecular flexibility index (Phi) is 2.67. The molecule has 1 fully saturated rings. The van der Waals surface area contributed by atoms with Crippen LogP contribution < -0.4 is 11.3 Å². The molecule has 0 unspecified atom stereocenters. The molecule has 3 N–H and O–H groups in total. The number of carbonyl (C=O) groups is 1. The Morgan fingerprint density at radius 2 is 2.45 bits per heavy atom. The molecule has 1 aliphatic heterocycles. The van der Waals surface area contributed by atoms with E-state index in [2.05, 4.69) is 10.2 Å². The highest BCUT2D eigenvalue weighted by molar-refractivity contribution is 5.68. The third-order valence-electron chi connectivity index (χ3n) is 1.80. The van der Waals surface area contributed by atoms with Crippen molar-refractivity contribution < 1.29 is 9.53 Å². The Labute approximate surface area is 65.5 Å². The van der Waals surface area contributed by atoms with Crippen LogP contribution in [0.3, 0.4) is 0 Å². The van der Waals surface area contributed by atoms with Crippen LogP contribution in [-0.4, -0.2) is 37.7 Å². The highest BCUT2D eigenvalue weighted by Crippen LogP contribution is 2.14. The number of carbonyl (C=O) groups excluding carboxylic acids is 1.